The van der Waals surface area contributed by atoms with Gasteiger partial charge in [0, 0.05) is 23.2 Å². The maximum Gasteiger partial charge on any atom is 0.322 e. The van der Waals surface area contributed by atoms with Gasteiger partial charge in [-0.15, -0.1) is 0 Å². The van der Waals surface area contributed by atoms with Crippen molar-refractivity contribution < 1.29 is 14.0 Å². The molecular formula is C18H15FN4O2S2. The molecule has 0 radical (unpaired) electrons. The summed E-state index contributed by atoms with van der Waals surface area (Å²) in [5.41, 5.74) is 1.64. The van der Waals surface area contributed by atoms with Crippen LogP contribution in [0.5, 0.6) is 0 Å². The van der Waals surface area contributed by atoms with Gasteiger partial charge in [0.25, 0.3) is 5.91 Å². The highest BCUT2D eigenvalue weighted by molar-refractivity contribution is 7.16. The monoisotopic (exact) mass is 402 g/mol. The minimum atomic E-state index is -0.472. The Morgan fingerprint density at radius 3 is 2.81 bits per heavy atom. The number of aromatic nitrogens is 1. The molecule has 138 valence electrons. The van der Waals surface area contributed by atoms with Crippen LogP contribution in [0.25, 0.3) is 0 Å². The van der Waals surface area contributed by atoms with Crippen LogP contribution < -0.4 is 10.6 Å². The van der Waals surface area contributed by atoms with Gasteiger partial charge >= 0.3 is 6.03 Å². The number of carbonyl (C=O) groups excluding carboxylic acids is 2. The van der Waals surface area contributed by atoms with Crippen LogP contribution in [-0.4, -0.2) is 28.4 Å². The fraction of sp³-hybridized carbons (Fsp3) is 0.167. The Hall–Kier alpha value is -2.78. The molecule has 0 aliphatic carbocycles. The first-order valence-electron chi connectivity index (χ1n) is 8.23. The van der Waals surface area contributed by atoms with Crippen molar-refractivity contribution in [3.05, 3.63) is 63.0 Å². The van der Waals surface area contributed by atoms with Crippen LogP contribution in [0, 0.1) is 5.82 Å². The van der Waals surface area contributed by atoms with E-state index in [0.29, 0.717) is 30.2 Å². The van der Waals surface area contributed by atoms with Crippen LogP contribution in [0.15, 0.2) is 41.1 Å². The quantitative estimate of drug-likeness (QED) is 0.690. The summed E-state index contributed by atoms with van der Waals surface area (Å²) >= 11 is 2.81. The summed E-state index contributed by atoms with van der Waals surface area (Å²) in [6.07, 6.45) is 0.588. The van der Waals surface area contributed by atoms with Crippen LogP contribution in [0.2, 0.25) is 0 Å². The van der Waals surface area contributed by atoms with Gasteiger partial charge in [0.1, 0.15) is 5.82 Å². The average Bonchev–Trinajstić information content (AvgIpc) is 3.32. The molecule has 3 heterocycles. The van der Waals surface area contributed by atoms with Gasteiger partial charge in [-0.05, 0) is 23.6 Å². The number of amides is 3. The zero-order valence-corrected chi connectivity index (χ0v) is 15.7. The van der Waals surface area contributed by atoms with Crippen LogP contribution in [0.3, 0.4) is 0 Å². The molecule has 0 atom stereocenters. The molecule has 0 saturated carbocycles. The number of anilines is 2. The second-order valence-corrected chi connectivity index (χ2v) is 7.80. The molecule has 1 aromatic carbocycles. The van der Waals surface area contributed by atoms with Crippen LogP contribution >= 0.6 is 22.7 Å². The molecule has 0 unspecified atom stereocenters. The Balaban J connectivity index is 1.42. The number of hydrogen-bond acceptors (Lipinski definition) is 5. The lowest BCUT2D eigenvalue weighted by molar-refractivity contribution is 0.102. The molecule has 1 aliphatic rings. The van der Waals surface area contributed by atoms with Crippen LogP contribution in [0.1, 0.15) is 20.9 Å². The third kappa shape index (κ3) is 3.83. The van der Waals surface area contributed by atoms with Crippen molar-refractivity contribution in [3.8, 4) is 0 Å². The number of nitrogens with one attached hydrogen (secondary N) is 2. The third-order valence-corrected chi connectivity index (χ3v) is 5.82. The molecule has 0 saturated heterocycles. The van der Waals surface area contributed by atoms with Crippen molar-refractivity contribution in [2.75, 3.05) is 17.2 Å². The highest BCUT2D eigenvalue weighted by atomic mass is 32.1. The van der Waals surface area contributed by atoms with Gasteiger partial charge in [-0.3, -0.25) is 10.1 Å². The normalized spacial score (nSPS) is 13.1. The van der Waals surface area contributed by atoms with Gasteiger partial charge in [0.2, 0.25) is 0 Å². The first-order valence-corrected chi connectivity index (χ1v) is 9.98. The summed E-state index contributed by atoms with van der Waals surface area (Å²) in [6, 6.07) is 7.45. The lowest BCUT2D eigenvalue weighted by atomic mass is 10.2. The molecular weight excluding hydrogens is 387 g/mol. The van der Waals surface area contributed by atoms with E-state index in [2.05, 4.69) is 15.6 Å². The lowest BCUT2D eigenvalue weighted by Crippen LogP contribution is -2.38. The number of carbonyl (C=O) groups is 2. The number of para-hydroxylation sites is 1. The second kappa shape index (κ2) is 7.45. The molecule has 2 aromatic heterocycles. The summed E-state index contributed by atoms with van der Waals surface area (Å²) in [5.74, 6) is -0.670. The first-order chi connectivity index (χ1) is 13.1. The number of nitrogens with zero attached hydrogens (tertiary/aromatic N) is 2. The molecule has 3 amide bonds. The maximum absolute atomic E-state index is 13.7. The van der Waals surface area contributed by atoms with E-state index in [1.165, 1.54) is 34.8 Å². The molecule has 0 spiro atoms. The minimum Gasteiger partial charge on any atom is -0.319 e. The molecule has 1 aliphatic heterocycles. The fourth-order valence-electron chi connectivity index (χ4n) is 2.74. The van der Waals surface area contributed by atoms with Gasteiger partial charge in [0.15, 0.2) is 5.13 Å². The summed E-state index contributed by atoms with van der Waals surface area (Å²) in [4.78, 5) is 31.6. The zero-order chi connectivity index (χ0) is 18.8. The van der Waals surface area contributed by atoms with Gasteiger partial charge < -0.3 is 10.2 Å². The van der Waals surface area contributed by atoms with E-state index in [-0.39, 0.29) is 17.6 Å². The zero-order valence-electron chi connectivity index (χ0n) is 14.1. The van der Waals surface area contributed by atoms with Gasteiger partial charge in [-0.1, -0.05) is 23.5 Å². The Morgan fingerprint density at radius 2 is 2.04 bits per heavy atom. The maximum atomic E-state index is 13.7. The minimum absolute atomic E-state index is 0.154. The van der Waals surface area contributed by atoms with E-state index >= 15 is 0 Å². The van der Waals surface area contributed by atoms with E-state index in [4.69, 9.17) is 0 Å². The van der Waals surface area contributed by atoms with Crippen molar-refractivity contribution >= 4 is 45.4 Å². The molecule has 2 N–H and O–H groups in total. The standard InChI is InChI=1S/C18H15FN4O2S2/c19-12-3-1-2-4-13(12)21-18(25)23-7-5-14-15(9-23)27-17(20-14)22-16(24)11-6-8-26-10-11/h1-4,6,8,10H,5,7,9H2,(H,21,25)(H,20,22,24). The Kier molecular flexibility index (Phi) is 4.87. The van der Waals surface area contributed by atoms with E-state index in [9.17, 15) is 14.0 Å². The molecule has 6 nitrogen and oxygen atoms in total. The molecule has 4 rings (SSSR count). The van der Waals surface area contributed by atoms with Crippen molar-refractivity contribution in [1.29, 1.82) is 0 Å². The summed E-state index contributed by atoms with van der Waals surface area (Å²) in [7, 11) is 0. The molecule has 0 bridgehead atoms. The highest BCUT2D eigenvalue weighted by Gasteiger charge is 2.25. The SMILES string of the molecule is O=C(Nc1nc2c(s1)CN(C(=O)Nc1ccccc1F)CC2)c1ccsc1. The Morgan fingerprint density at radius 1 is 1.19 bits per heavy atom. The van der Waals surface area contributed by atoms with Gasteiger partial charge in [-0.2, -0.15) is 11.3 Å². The van der Waals surface area contributed by atoms with Crippen LogP contribution in [0.4, 0.5) is 20.0 Å². The molecule has 3 aromatic rings. The van der Waals surface area contributed by atoms with Crippen molar-refractivity contribution in [2.24, 2.45) is 0 Å². The van der Waals surface area contributed by atoms with Crippen molar-refractivity contribution in [1.82, 2.24) is 9.88 Å². The van der Waals surface area contributed by atoms with Crippen molar-refractivity contribution in [3.63, 3.8) is 0 Å². The van der Waals surface area contributed by atoms with Gasteiger partial charge in [0.05, 0.1) is 23.5 Å². The number of thiazole rings is 1. The first kappa shape index (κ1) is 17.6. The number of benzene rings is 1. The molecule has 0 fully saturated rings. The number of thiophene rings is 1. The summed E-state index contributed by atoms with van der Waals surface area (Å²) in [6.45, 7) is 0.858. The lowest BCUT2D eigenvalue weighted by Gasteiger charge is -2.26. The van der Waals surface area contributed by atoms with Crippen LogP contribution in [-0.2, 0) is 13.0 Å². The number of urea groups is 1. The predicted octanol–water partition coefficient (Wildman–Crippen LogP) is 4.19. The number of fused-ring (bicyclic) bond motifs is 1. The summed E-state index contributed by atoms with van der Waals surface area (Å²) < 4.78 is 13.7. The van der Waals surface area contributed by atoms with E-state index in [1.807, 2.05) is 5.38 Å². The van der Waals surface area contributed by atoms with E-state index < -0.39 is 5.82 Å². The highest BCUT2D eigenvalue weighted by Crippen LogP contribution is 2.29. The molecule has 9 heteroatoms. The summed E-state index contributed by atoms with van der Waals surface area (Å²) in [5, 5.41) is 9.53. The van der Waals surface area contributed by atoms with E-state index in [1.54, 1.807) is 28.5 Å². The Labute approximate surface area is 162 Å². The predicted molar refractivity (Wildman–Crippen MR) is 104 cm³/mol. The molecule has 27 heavy (non-hydrogen) atoms. The average molecular weight is 402 g/mol. The fourth-order valence-corrected chi connectivity index (χ4v) is 4.40. The van der Waals surface area contributed by atoms with Crippen molar-refractivity contribution in [2.45, 2.75) is 13.0 Å². The largest absolute Gasteiger partial charge is 0.322 e. The number of hydrogen-bond donors (Lipinski definition) is 2. The number of rotatable bonds is 3. The van der Waals surface area contributed by atoms with E-state index in [0.717, 1.165) is 10.6 Å². The Bertz CT molecular complexity index is 987. The third-order valence-electron chi connectivity index (χ3n) is 4.14. The van der Waals surface area contributed by atoms with Gasteiger partial charge in [-0.25, -0.2) is 14.2 Å². The second-order valence-electron chi connectivity index (χ2n) is 5.94. The smallest absolute Gasteiger partial charge is 0.319 e. The number of halogens is 1. The topological polar surface area (TPSA) is 74.3 Å².